The minimum Gasteiger partial charge on any atom is -0.480 e. The van der Waals surface area contributed by atoms with Crippen LogP contribution >= 0.6 is 0 Å². The first-order valence-electron chi connectivity index (χ1n) is 6.01. The summed E-state index contributed by atoms with van der Waals surface area (Å²) in [6.45, 7) is 0. The fourth-order valence-electron chi connectivity index (χ4n) is 1.61. The molecule has 0 aliphatic heterocycles. The molecular weight excluding hydrogens is 307 g/mol. The number of carboxylic acid groups (broad SMARTS) is 1. The summed E-state index contributed by atoms with van der Waals surface area (Å²) in [6, 6.07) is -0.972. The highest BCUT2D eigenvalue weighted by Gasteiger charge is 2.25. The van der Waals surface area contributed by atoms with Crippen molar-refractivity contribution in [3.8, 4) is 0 Å². The number of nitrogens with one attached hydrogen (secondary N) is 1. The van der Waals surface area contributed by atoms with Crippen LogP contribution in [0.15, 0.2) is 12.1 Å². The number of esters is 1. The molecule has 22 heavy (non-hydrogen) atoms. The molecule has 1 atom stereocenters. The van der Waals surface area contributed by atoms with E-state index in [9.17, 15) is 27.6 Å². The highest BCUT2D eigenvalue weighted by molar-refractivity contribution is 5.97. The van der Waals surface area contributed by atoms with Gasteiger partial charge >= 0.3 is 11.9 Å². The van der Waals surface area contributed by atoms with Gasteiger partial charge in [-0.2, -0.15) is 0 Å². The number of carboxylic acids is 1. The number of carbonyl (C=O) groups is 3. The summed E-state index contributed by atoms with van der Waals surface area (Å²) in [5.74, 6) is -7.72. The van der Waals surface area contributed by atoms with Crippen molar-refractivity contribution in [2.45, 2.75) is 18.9 Å². The molecule has 2 N–H and O–H groups in total. The molecule has 0 saturated heterocycles. The summed E-state index contributed by atoms with van der Waals surface area (Å²) >= 11 is 0. The molecule has 1 rings (SSSR count). The maximum Gasteiger partial charge on any atom is 0.326 e. The third-order valence-electron chi connectivity index (χ3n) is 2.70. The Hall–Kier alpha value is -2.58. The van der Waals surface area contributed by atoms with Crippen LogP contribution in [0.5, 0.6) is 0 Å². The number of methoxy groups -OCH3 is 1. The molecule has 0 spiro atoms. The van der Waals surface area contributed by atoms with Crippen LogP contribution in [-0.4, -0.2) is 36.1 Å². The number of hydrogen-bond donors (Lipinski definition) is 2. The van der Waals surface area contributed by atoms with E-state index in [1.54, 1.807) is 0 Å². The van der Waals surface area contributed by atoms with Crippen LogP contribution in [0.1, 0.15) is 23.2 Å². The minimum atomic E-state index is -1.56. The van der Waals surface area contributed by atoms with Gasteiger partial charge in [-0.3, -0.25) is 9.59 Å². The fraction of sp³-hybridized carbons (Fsp3) is 0.308. The fourth-order valence-corrected chi connectivity index (χ4v) is 1.61. The van der Waals surface area contributed by atoms with Gasteiger partial charge in [-0.15, -0.1) is 0 Å². The molecule has 120 valence electrons. The quantitative estimate of drug-likeness (QED) is 0.770. The van der Waals surface area contributed by atoms with Crippen LogP contribution in [0.2, 0.25) is 0 Å². The van der Waals surface area contributed by atoms with Gasteiger partial charge in [-0.25, -0.2) is 18.0 Å². The predicted octanol–water partition coefficient (Wildman–Crippen LogP) is 1.24. The van der Waals surface area contributed by atoms with Crippen molar-refractivity contribution in [2.75, 3.05) is 7.11 Å². The molecule has 1 aromatic rings. The van der Waals surface area contributed by atoms with Crippen LogP contribution in [0, 0.1) is 17.5 Å². The lowest BCUT2D eigenvalue weighted by Gasteiger charge is -2.14. The molecule has 0 aliphatic carbocycles. The van der Waals surface area contributed by atoms with E-state index in [-0.39, 0.29) is 12.8 Å². The van der Waals surface area contributed by atoms with Gasteiger partial charge in [-0.05, 0) is 6.42 Å². The molecule has 0 unspecified atom stereocenters. The molecule has 6 nitrogen and oxygen atoms in total. The summed E-state index contributed by atoms with van der Waals surface area (Å²) in [5, 5.41) is 10.8. The average Bonchev–Trinajstić information content (AvgIpc) is 2.41. The summed E-state index contributed by atoms with van der Waals surface area (Å²) in [4.78, 5) is 33.7. The largest absolute Gasteiger partial charge is 0.480 e. The van der Waals surface area contributed by atoms with Crippen molar-refractivity contribution >= 4 is 17.8 Å². The number of rotatable bonds is 6. The lowest BCUT2D eigenvalue weighted by atomic mass is 10.1. The van der Waals surface area contributed by atoms with Crippen molar-refractivity contribution in [3.05, 3.63) is 35.1 Å². The predicted molar refractivity (Wildman–Crippen MR) is 66.5 cm³/mol. The Balaban J connectivity index is 2.88. The highest BCUT2D eigenvalue weighted by atomic mass is 19.1. The van der Waals surface area contributed by atoms with Gasteiger partial charge in [0.15, 0.2) is 0 Å². The van der Waals surface area contributed by atoms with Crippen LogP contribution in [0.25, 0.3) is 0 Å². The number of ether oxygens (including phenoxy) is 1. The number of hydrogen-bond acceptors (Lipinski definition) is 4. The Bertz CT molecular complexity index is 582. The van der Waals surface area contributed by atoms with Gasteiger partial charge in [0.25, 0.3) is 5.91 Å². The smallest absolute Gasteiger partial charge is 0.326 e. The number of halogens is 3. The molecule has 0 aromatic heterocycles. The first-order valence-corrected chi connectivity index (χ1v) is 6.01. The molecule has 0 heterocycles. The van der Waals surface area contributed by atoms with Gasteiger partial charge < -0.3 is 15.2 Å². The van der Waals surface area contributed by atoms with E-state index in [1.807, 2.05) is 5.32 Å². The third kappa shape index (κ3) is 4.47. The number of benzene rings is 1. The summed E-state index contributed by atoms with van der Waals surface area (Å²) in [7, 11) is 1.10. The molecule has 9 heteroatoms. The Morgan fingerprint density at radius 3 is 2.23 bits per heavy atom. The summed E-state index contributed by atoms with van der Waals surface area (Å²) in [6.07, 6.45) is -0.652. The van der Waals surface area contributed by atoms with E-state index in [2.05, 4.69) is 4.74 Å². The maximum atomic E-state index is 13.4. The minimum absolute atomic E-state index is 0.294. The van der Waals surface area contributed by atoms with Crippen LogP contribution in [0.3, 0.4) is 0 Å². The van der Waals surface area contributed by atoms with Crippen molar-refractivity contribution in [1.29, 1.82) is 0 Å². The van der Waals surface area contributed by atoms with Crippen LogP contribution < -0.4 is 5.32 Å². The van der Waals surface area contributed by atoms with Crippen molar-refractivity contribution in [2.24, 2.45) is 0 Å². The molecule has 1 aromatic carbocycles. The third-order valence-corrected chi connectivity index (χ3v) is 2.70. The lowest BCUT2D eigenvalue weighted by Crippen LogP contribution is -2.41. The molecule has 0 aliphatic rings. The van der Waals surface area contributed by atoms with E-state index in [4.69, 9.17) is 5.11 Å². The van der Waals surface area contributed by atoms with Gasteiger partial charge in [0.05, 0.1) is 7.11 Å². The zero-order valence-corrected chi connectivity index (χ0v) is 11.4. The monoisotopic (exact) mass is 319 g/mol. The van der Waals surface area contributed by atoms with E-state index in [1.165, 1.54) is 0 Å². The Morgan fingerprint density at radius 2 is 1.77 bits per heavy atom. The standard InChI is InChI=1S/C13H12F3NO5/c1-22-10(18)3-2-9(13(20)21)17-12(19)11-7(15)4-6(14)5-8(11)16/h4-5,9H,2-3H2,1H3,(H,17,19)(H,20,21)/t9-/m1/s1. The Morgan fingerprint density at radius 1 is 1.23 bits per heavy atom. The number of amides is 1. The van der Waals surface area contributed by atoms with E-state index in [0.717, 1.165) is 7.11 Å². The van der Waals surface area contributed by atoms with Crippen LogP contribution in [-0.2, 0) is 14.3 Å². The number of carbonyl (C=O) groups excluding carboxylic acids is 2. The van der Waals surface area contributed by atoms with Gasteiger partial charge in [-0.1, -0.05) is 0 Å². The first kappa shape index (κ1) is 17.5. The van der Waals surface area contributed by atoms with Gasteiger partial charge in [0.1, 0.15) is 29.1 Å². The van der Waals surface area contributed by atoms with Crippen LogP contribution in [0.4, 0.5) is 13.2 Å². The van der Waals surface area contributed by atoms with Crippen molar-refractivity contribution in [3.63, 3.8) is 0 Å². The molecule has 0 radical (unpaired) electrons. The number of aliphatic carboxylic acids is 1. The zero-order valence-electron chi connectivity index (χ0n) is 11.4. The second kappa shape index (κ2) is 7.43. The van der Waals surface area contributed by atoms with E-state index >= 15 is 0 Å². The second-order valence-electron chi connectivity index (χ2n) is 4.22. The highest BCUT2D eigenvalue weighted by Crippen LogP contribution is 2.15. The zero-order chi connectivity index (χ0) is 16.9. The van der Waals surface area contributed by atoms with Gasteiger partial charge in [0.2, 0.25) is 0 Å². The first-order chi connectivity index (χ1) is 10.3. The van der Waals surface area contributed by atoms with Crippen molar-refractivity contribution < 1.29 is 37.4 Å². The normalized spacial score (nSPS) is 11.6. The Kier molecular flexibility index (Phi) is 5.90. The van der Waals surface area contributed by atoms with E-state index < -0.39 is 46.9 Å². The molecule has 1 amide bonds. The maximum absolute atomic E-state index is 13.4. The molecular formula is C13H12F3NO5. The molecule has 0 fully saturated rings. The SMILES string of the molecule is COC(=O)CC[C@@H](NC(=O)c1c(F)cc(F)cc1F)C(=O)O. The van der Waals surface area contributed by atoms with E-state index in [0.29, 0.717) is 12.1 Å². The van der Waals surface area contributed by atoms with Crippen molar-refractivity contribution in [1.82, 2.24) is 5.32 Å². The summed E-state index contributed by atoms with van der Waals surface area (Å²) < 4.78 is 43.9. The van der Waals surface area contributed by atoms with Gasteiger partial charge in [0, 0.05) is 18.6 Å². The molecule has 0 bridgehead atoms. The molecule has 0 saturated carbocycles. The Labute approximate surface area is 122 Å². The lowest BCUT2D eigenvalue weighted by molar-refractivity contribution is -0.142. The second-order valence-corrected chi connectivity index (χ2v) is 4.22. The topological polar surface area (TPSA) is 92.7 Å². The summed E-state index contributed by atoms with van der Waals surface area (Å²) in [5.41, 5.74) is -1.11. The average molecular weight is 319 g/mol.